The number of carbonyl (C=O) groups is 2. The van der Waals surface area contributed by atoms with Crippen molar-refractivity contribution in [2.45, 2.75) is 39.5 Å². The first kappa shape index (κ1) is 27.3. The molecule has 0 bridgehead atoms. The summed E-state index contributed by atoms with van der Waals surface area (Å²) in [7, 11) is 0. The fourth-order valence-corrected chi connectivity index (χ4v) is 4.37. The quantitative estimate of drug-likeness (QED) is 0.319. The van der Waals surface area contributed by atoms with E-state index < -0.39 is 17.8 Å². The second kappa shape index (κ2) is 12.6. The number of anilines is 1. The maximum absolute atomic E-state index is 13.5. The molecule has 3 amide bonds. The molecule has 192 valence electrons. The van der Waals surface area contributed by atoms with Crippen molar-refractivity contribution in [2.24, 2.45) is 5.92 Å². The van der Waals surface area contributed by atoms with Crippen molar-refractivity contribution in [1.29, 1.82) is 0 Å². The van der Waals surface area contributed by atoms with E-state index in [1.165, 1.54) is 34.4 Å². The summed E-state index contributed by atoms with van der Waals surface area (Å²) in [6.07, 6.45) is -3.87. The number of rotatable bonds is 10. The van der Waals surface area contributed by atoms with Crippen molar-refractivity contribution < 1.29 is 22.8 Å². The zero-order chi connectivity index (χ0) is 26.1. The molecule has 0 fully saturated rings. The summed E-state index contributed by atoms with van der Waals surface area (Å²) in [5.41, 5.74) is -0.327. The van der Waals surface area contributed by atoms with Crippen molar-refractivity contribution >= 4 is 29.0 Å². The van der Waals surface area contributed by atoms with Crippen molar-refractivity contribution in [1.82, 2.24) is 9.80 Å². The van der Waals surface area contributed by atoms with Crippen LogP contribution in [-0.2, 0) is 24.1 Å². The lowest BCUT2D eigenvalue weighted by Gasteiger charge is -2.29. The minimum absolute atomic E-state index is 0.0567. The van der Waals surface area contributed by atoms with E-state index in [1.807, 2.05) is 61.7 Å². The van der Waals surface area contributed by atoms with Crippen LogP contribution in [0.4, 0.5) is 23.7 Å². The van der Waals surface area contributed by atoms with Gasteiger partial charge in [0.05, 0.1) is 17.8 Å². The van der Waals surface area contributed by atoms with E-state index in [0.29, 0.717) is 13.1 Å². The average molecular weight is 518 g/mol. The zero-order valence-electron chi connectivity index (χ0n) is 20.3. The molecule has 1 N–H and O–H groups in total. The van der Waals surface area contributed by atoms with Gasteiger partial charge in [0.2, 0.25) is 5.91 Å². The Morgan fingerprint density at radius 2 is 1.64 bits per heavy atom. The SMILES string of the molecule is CCC(C)CN(CC(=O)N(Cc1ccccc1)Cc1cccs1)C(=O)Nc1ccccc1C(F)(F)F. The van der Waals surface area contributed by atoms with Gasteiger partial charge >= 0.3 is 12.2 Å². The van der Waals surface area contributed by atoms with Crippen molar-refractivity contribution in [3.63, 3.8) is 0 Å². The van der Waals surface area contributed by atoms with Gasteiger partial charge in [0.15, 0.2) is 0 Å². The average Bonchev–Trinajstić information content (AvgIpc) is 3.36. The lowest BCUT2D eigenvalue weighted by Crippen LogP contribution is -2.45. The predicted octanol–water partition coefficient (Wildman–Crippen LogP) is 6.88. The van der Waals surface area contributed by atoms with E-state index in [2.05, 4.69) is 5.32 Å². The van der Waals surface area contributed by atoms with Crippen LogP contribution in [0.15, 0.2) is 72.1 Å². The molecule has 1 heterocycles. The third-order valence-electron chi connectivity index (χ3n) is 5.81. The number of amides is 3. The number of benzene rings is 2. The summed E-state index contributed by atoms with van der Waals surface area (Å²) in [5.74, 6) is -0.226. The number of nitrogens with one attached hydrogen (secondary N) is 1. The highest BCUT2D eigenvalue weighted by molar-refractivity contribution is 7.09. The molecule has 0 saturated heterocycles. The molecule has 2 aromatic carbocycles. The standard InChI is InChI=1S/C27H30F3N3O2S/c1-3-20(2)16-33(26(35)31-24-14-8-7-13-23(24)27(28,29)30)19-25(34)32(18-22-12-9-15-36-22)17-21-10-5-4-6-11-21/h4-15,20H,3,16-19H2,1-2H3,(H,31,35). The van der Waals surface area contributed by atoms with Gasteiger partial charge in [-0.05, 0) is 35.1 Å². The second-order valence-corrected chi connectivity index (χ2v) is 9.71. The highest BCUT2D eigenvalue weighted by Crippen LogP contribution is 2.34. The zero-order valence-corrected chi connectivity index (χ0v) is 21.1. The van der Waals surface area contributed by atoms with Gasteiger partial charge in [0, 0.05) is 18.0 Å². The van der Waals surface area contributed by atoms with Crippen LogP contribution in [0.1, 0.15) is 36.3 Å². The molecular weight excluding hydrogens is 487 g/mol. The van der Waals surface area contributed by atoms with Crippen LogP contribution in [0, 0.1) is 5.92 Å². The number of carbonyl (C=O) groups excluding carboxylic acids is 2. The van der Waals surface area contributed by atoms with Crippen molar-refractivity contribution in [2.75, 3.05) is 18.4 Å². The Morgan fingerprint density at radius 1 is 0.944 bits per heavy atom. The molecule has 36 heavy (non-hydrogen) atoms. The second-order valence-electron chi connectivity index (χ2n) is 8.68. The Morgan fingerprint density at radius 3 is 2.28 bits per heavy atom. The van der Waals surface area contributed by atoms with Gasteiger partial charge in [-0.25, -0.2) is 4.79 Å². The number of hydrogen-bond donors (Lipinski definition) is 1. The van der Waals surface area contributed by atoms with E-state index in [-0.39, 0.29) is 30.6 Å². The summed E-state index contributed by atoms with van der Waals surface area (Å²) >= 11 is 1.53. The van der Waals surface area contributed by atoms with E-state index in [0.717, 1.165) is 22.9 Å². The Balaban J connectivity index is 1.81. The van der Waals surface area contributed by atoms with Gasteiger partial charge in [-0.3, -0.25) is 4.79 Å². The van der Waals surface area contributed by atoms with Gasteiger partial charge in [0.1, 0.15) is 6.54 Å². The number of thiophene rings is 1. The van der Waals surface area contributed by atoms with Gasteiger partial charge in [-0.1, -0.05) is 68.8 Å². The topological polar surface area (TPSA) is 52.7 Å². The number of nitrogens with zero attached hydrogens (tertiary/aromatic N) is 2. The van der Waals surface area contributed by atoms with E-state index in [4.69, 9.17) is 0 Å². The molecule has 0 radical (unpaired) electrons. The molecule has 0 aliphatic rings. The summed E-state index contributed by atoms with van der Waals surface area (Å²) in [6, 6.07) is 17.5. The number of alkyl halides is 3. The summed E-state index contributed by atoms with van der Waals surface area (Å²) in [5, 5.41) is 4.32. The lowest BCUT2D eigenvalue weighted by atomic mass is 10.1. The molecule has 9 heteroatoms. The Bertz CT molecular complexity index is 1120. The Labute approximate surface area is 213 Å². The molecule has 3 rings (SSSR count). The molecule has 0 aliphatic heterocycles. The maximum atomic E-state index is 13.5. The summed E-state index contributed by atoms with van der Waals surface area (Å²) < 4.78 is 40.3. The molecule has 5 nitrogen and oxygen atoms in total. The molecule has 0 aliphatic carbocycles. The molecule has 1 atom stereocenters. The monoisotopic (exact) mass is 517 g/mol. The first-order valence-corrected chi connectivity index (χ1v) is 12.6. The molecular formula is C27H30F3N3O2S. The van der Waals surface area contributed by atoms with E-state index in [1.54, 1.807) is 4.90 Å². The third-order valence-corrected chi connectivity index (χ3v) is 6.67. The van der Waals surface area contributed by atoms with Gasteiger partial charge in [-0.15, -0.1) is 11.3 Å². The first-order valence-electron chi connectivity index (χ1n) is 11.7. The fourth-order valence-electron chi connectivity index (χ4n) is 3.65. The minimum atomic E-state index is -4.62. The summed E-state index contributed by atoms with van der Waals surface area (Å²) in [6.45, 7) is 4.61. The lowest BCUT2D eigenvalue weighted by molar-refractivity contribution is -0.137. The number of urea groups is 1. The third kappa shape index (κ3) is 7.84. The number of hydrogen-bond acceptors (Lipinski definition) is 3. The van der Waals surface area contributed by atoms with Crippen LogP contribution in [0.5, 0.6) is 0 Å². The molecule has 1 unspecified atom stereocenters. The Hall–Kier alpha value is -3.33. The molecule has 0 spiro atoms. The van der Waals surface area contributed by atoms with Gasteiger partial charge in [0.25, 0.3) is 0 Å². The van der Waals surface area contributed by atoms with Gasteiger partial charge in [-0.2, -0.15) is 13.2 Å². The predicted molar refractivity (Wildman–Crippen MR) is 137 cm³/mol. The molecule has 0 saturated carbocycles. The van der Waals surface area contributed by atoms with Crippen LogP contribution in [0.2, 0.25) is 0 Å². The van der Waals surface area contributed by atoms with Crippen LogP contribution >= 0.6 is 11.3 Å². The van der Waals surface area contributed by atoms with Crippen LogP contribution in [0.3, 0.4) is 0 Å². The normalized spacial score (nSPS) is 12.1. The fraction of sp³-hybridized carbons (Fsp3) is 0.333. The van der Waals surface area contributed by atoms with Crippen LogP contribution < -0.4 is 5.32 Å². The van der Waals surface area contributed by atoms with E-state index in [9.17, 15) is 22.8 Å². The maximum Gasteiger partial charge on any atom is 0.418 e. The minimum Gasteiger partial charge on any atom is -0.332 e. The van der Waals surface area contributed by atoms with Crippen LogP contribution in [0.25, 0.3) is 0 Å². The first-order chi connectivity index (χ1) is 17.2. The number of para-hydroxylation sites is 1. The smallest absolute Gasteiger partial charge is 0.332 e. The van der Waals surface area contributed by atoms with Crippen molar-refractivity contribution in [3.05, 3.63) is 88.1 Å². The largest absolute Gasteiger partial charge is 0.418 e. The number of halogens is 3. The van der Waals surface area contributed by atoms with Gasteiger partial charge < -0.3 is 15.1 Å². The molecule has 1 aromatic heterocycles. The highest BCUT2D eigenvalue weighted by atomic mass is 32.1. The van der Waals surface area contributed by atoms with Crippen LogP contribution in [-0.4, -0.2) is 34.8 Å². The summed E-state index contributed by atoms with van der Waals surface area (Å²) in [4.78, 5) is 30.6. The molecule has 3 aromatic rings. The van der Waals surface area contributed by atoms with Crippen molar-refractivity contribution in [3.8, 4) is 0 Å². The highest BCUT2D eigenvalue weighted by Gasteiger charge is 2.34. The van der Waals surface area contributed by atoms with E-state index >= 15 is 0 Å². The Kier molecular flexibility index (Phi) is 9.52.